The quantitative estimate of drug-likeness (QED) is 0.255. The summed E-state index contributed by atoms with van der Waals surface area (Å²) >= 11 is 3.98. The van der Waals surface area contributed by atoms with Crippen LogP contribution >= 0.6 is 12.2 Å². The van der Waals surface area contributed by atoms with Crippen LogP contribution in [-0.4, -0.2) is 5.05 Å². The number of rotatable bonds is 2. The monoisotopic (exact) mass is 236 g/mol. The average Bonchev–Trinajstić information content (AvgIpc) is 2.06. The van der Waals surface area contributed by atoms with Gasteiger partial charge in [0.15, 0.2) is 0 Å². The van der Waals surface area contributed by atoms with Gasteiger partial charge in [0, 0.05) is 6.54 Å². The Morgan fingerprint density at radius 1 is 1.43 bits per heavy atom. The van der Waals surface area contributed by atoms with E-state index in [0.717, 1.165) is 6.54 Å². The van der Waals surface area contributed by atoms with E-state index in [1.54, 1.807) is 0 Å². The molecule has 0 aliphatic carbocycles. The normalized spacial score (nSPS) is 7.86. The first kappa shape index (κ1) is 17.1. The molecule has 0 spiro atoms. The fraction of sp³-hybridized carbons (Fsp3) is 0.222. The van der Waals surface area contributed by atoms with E-state index in [1.165, 1.54) is 12.5 Å². The van der Waals surface area contributed by atoms with Gasteiger partial charge in [-0.3, -0.25) is 11.3 Å². The van der Waals surface area contributed by atoms with Gasteiger partial charge in [-0.15, -0.1) is 12.2 Å². The minimum absolute atomic E-state index is 0. The molecule has 3 nitrogen and oxygen atoms in total. The van der Waals surface area contributed by atoms with Crippen molar-refractivity contribution < 1.29 is 56.5 Å². The van der Waals surface area contributed by atoms with Crippen LogP contribution in [0, 0.1) is 0 Å². The Morgan fingerprint density at radius 3 is 2.21 bits per heavy atom. The molecule has 0 unspecified atom stereocenters. The van der Waals surface area contributed by atoms with Crippen LogP contribution < -0.4 is 67.8 Å². The first-order valence-corrected chi connectivity index (χ1v) is 4.22. The molecule has 1 aromatic carbocycles. The minimum atomic E-state index is -0.250. The van der Waals surface area contributed by atoms with E-state index < -0.39 is 0 Å². The summed E-state index contributed by atoms with van der Waals surface area (Å²) in [7, 11) is 0. The van der Waals surface area contributed by atoms with Crippen molar-refractivity contribution in [1.82, 2.24) is 5.43 Å². The van der Waals surface area contributed by atoms with Gasteiger partial charge in [0.25, 0.3) is 0 Å². The summed E-state index contributed by atoms with van der Waals surface area (Å²) in [5.74, 6) is 5.11. The molecule has 0 heterocycles. The second kappa shape index (κ2) is 11.7. The van der Waals surface area contributed by atoms with Gasteiger partial charge >= 0.3 is 51.4 Å². The van der Waals surface area contributed by atoms with Crippen LogP contribution in [0.15, 0.2) is 30.3 Å². The molecule has 0 aliphatic heterocycles. The molecule has 0 amide bonds. The third kappa shape index (κ3) is 12.7. The summed E-state index contributed by atoms with van der Waals surface area (Å²) in [4.78, 5) is 0. The number of hydrogen-bond acceptors (Lipinski definition) is 4. The second-order valence-electron chi connectivity index (χ2n) is 2.36. The third-order valence-electron chi connectivity index (χ3n) is 1.15. The zero-order chi connectivity index (χ0) is 10.1. The molecular formula is C9H13KN2OS. The third-order valence-corrected chi connectivity index (χ3v) is 1.15. The Bertz CT molecular complexity index is 240. The van der Waals surface area contributed by atoms with Gasteiger partial charge in [-0.25, -0.2) is 0 Å². The summed E-state index contributed by atoms with van der Waals surface area (Å²) < 4.78 is 0. The molecule has 14 heavy (non-hydrogen) atoms. The SMILES string of the molecule is CC([O-])=S.NNCc1ccccc1.[K+]. The average molecular weight is 236 g/mol. The maximum absolute atomic E-state index is 9.26. The molecule has 1 aromatic rings. The summed E-state index contributed by atoms with van der Waals surface area (Å²) in [5, 5.41) is 9.01. The van der Waals surface area contributed by atoms with Crippen molar-refractivity contribution in [3.8, 4) is 0 Å². The molecule has 0 aromatic heterocycles. The van der Waals surface area contributed by atoms with Crippen molar-refractivity contribution in [2.45, 2.75) is 13.5 Å². The smallest absolute Gasteiger partial charge is 0.868 e. The fourth-order valence-corrected chi connectivity index (χ4v) is 0.714. The van der Waals surface area contributed by atoms with E-state index in [2.05, 4.69) is 17.6 Å². The van der Waals surface area contributed by atoms with E-state index in [1.807, 2.05) is 30.3 Å². The summed E-state index contributed by atoms with van der Waals surface area (Å²) in [6.45, 7) is 2.08. The van der Waals surface area contributed by atoms with Gasteiger partial charge in [0.2, 0.25) is 0 Å². The Hall–Kier alpha value is 0.666. The van der Waals surface area contributed by atoms with Gasteiger partial charge in [-0.1, -0.05) is 35.4 Å². The van der Waals surface area contributed by atoms with Crippen LogP contribution in [0.3, 0.4) is 0 Å². The summed E-state index contributed by atoms with van der Waals surface area (Å²) in [5.41, 5.74) is 3.79. The number of thiocarbonyl (C=S) groups is 1. The molecule has 0 atom stereocenters. The molecule has 5 heteroatoms. The van der Waals surface area contributed by atoms with Gasteiger partial charge in [-0.2, -0.15) is 0 Å². The predicted molar refractivity (Wildman–Crippen MR) is 55.7 cm³/mol. The first-order valence-electron chi connectivity index (χ1n) is 3.81. The Labute approximate surface area is 132 Å². The van der Waals surface area contributed by atoms with Crippen LogP contribution in [0.1, 0.15) is 12.5 Å². The van der Waals surface area contributed by atoms with Crippen LogP contribution in [0.2, 0.25) is 0 Å². The molecule has 0 aliphatic rings. The molecule has 0 radical (unpaired) electrons. The van der Waals surface area contributed by atoms with Crippen molar-refractivity contribution in [2.75, 3.05) is 0 Å². The van der Waals surface area contributed by atoms with Gasteiger partial charge in [0.1, 0.15) is 0 Å². The van der Waals surface area contributed by atoms with Crippen molar-refractivity contribution in [3.05, 3.63) is 35.9 Å². The van der Waals surface area contributed by atoms with Crippen molar-refractivity contribution in [1.29, 1.82) is 0 Å². The Morgan fingerprint density at radius 2 is 1.86 bits per heavy atom. The van der Waals surface area contributed by atoms with Gasteiger partial charge in [-0.05, 0) is 12.5 Å². The summed E-state index contributed by atoms with van der Waals surface area (Å²) in [6, 6.07) is 10.0. The molecule has 0 bridgehead atoms. The molecule has 0 saturated carbocycles. The molecular weight excluding hydrogens is 223 g/mol. The number of nitrogens with two attached hydrogens (primary N) is 1. The first-order chi connectivity index (χ1) is 6.16. The van der Waals surface area contributed by atoms with Crippen molar-refractivity contribution >= 4 is 17.3 Å². The van der Waals surface area contributed by atoms with Gasteiger partial charge in [0.05, 0.1) is 0 Å². The van der Waals surface area contributed by atoms with E-state index in [-0.39, 0.29) is 56.4 Å². The number of nitrogens with one attached hydrogen (secondary N) is 1. The second-order valence-corrected chi connectivity index (χ2v) is 2.93. The molecule has 0 saturated heterocycles. The Balaban J connectivity index is 0. The maximum Gasteiger partial charge on any atom is 1.00 e. The molecule has 72 valence electrons. The van der Waals surface area contributed by atoms with E-state index in [0.29, 0.717) is 0 Å². The van der Waals surface area contributed by atoms with Crippen molar-refractivity contribution in [2.24, 2.45) is 5.84 Å². The molecule has 0 fully saturated rings. The largest absolute Gasteiger partial charge is 1.00 e. The number of hydrazine groups is 1. The van der Waals surface area contributed by atoms with Crippen LogP contribution in [0.4, 0.5) is 0 Å². The van der Waals surface area contributed by atoms with Crippen LogP contribution in [0.25, 0.3) is 0 Å². The Kier molecular flexibility index (Phi) is 14.3. The molecule has 1 rings (SSSR count). The predicted octanol–water partition coefficient (Wildman–Crippen LogP) is -2.65. The van der Waals surface area contributed by atoms with E-state index in [4.69, 9.17) is 5.84 Å². The van der Waals surface area contributed by atoms with Crippen LogP contribution in [-0.2, 0) is 6.54 Å². The zero-order valence-corrected chi connectivity index (χ0v) is 12.4. The maximum atomic E-state index is 9.26. The summed E-state index contributed by atoms with van der Waals surface area (Å²) in [6.07, 6.45) is 0. The minimum Gasteiger partial charge on any atom is -0.868 e. The zero-order valence-electron chi connectivity index (χ0n) is 8.49. The topological polar surface area (TPSA) is 61.1 Å². The standard InChI is InChI=1S/C7H10N2.C2H4OS.K/c8-9-6-7-4-2-1-3-5-7;1-2(3)4;/h1-5,9H,6,8H2;1H3,(H,3,4);/q;;+1/p-1. The van der Waals surface area contributed by atoms with Crippen LogP contribution in [0.5, 0.6) is 0 Å². The van der Waals surface area contributed by atoms with Gasteiger partial charge < -0.3 is 5.11 Å². The van der Waals surface area contributed by atoms with Crippen molar-refractivity contribution in [3.63, 3.8) is 0 Å². The van der Waals surface area contributed by atoms with E-state index in [9.17, 15) is 5.11 Å². The molecule has 3 N–H and O–H groups in total. The number of benzene rings is 1. The number of hydrogen-bond donors (Lipinski definition) is 2. The van der Waals surface area contributed by atoms with E-state index >= 15 is 0 Å². The fourth-order valence-electron chi connectivity index (χ4n) is 0.714.